The van der Waals surface area contributed by atoms with Gasteiger partial charge in [-0.1, -0.05) is 12.1 Å². The average molecular weight is 348 g/mol. The topological polar surface area (TPSA) is 43.6 Å². The van der Waals surface area contributed by atoms with Crippen LogP contribution in [0.1, 0.15) is 0 Å². The van der Waals surface area contributed by atoms with E-state index >= 15 is 0 Å². The van der Waals surface area contributed by atoms with Crippen molar-refractivity contribution in [2.24, 2.45) is 0 Å². The molecule has 3 aromatic heterocycles. The molecule has 0 radical (unpaired) electrons. The van der Waals surface area contributed by atoms with Crippen LogP contribution >= 0.6 is 22.6 Å². The zero-order chi connectivity index (χ0) is 12.4. The molecule has 0 aliphatic carbocycles. The monoisotopic (exact) mass is 348 g/mol. The van der Waals surface area contributed by atoms with Crippen LogP contribution in [-0.2, 0) is 0 Å². The second-order valence-corrected chi connectivity index (χ2v) is 4.84. The molecule has 0 saturated heterocycles. The lowest BCUT2D eigenvalue weighted by Crippen LogP contribution is -1.97. The molecule has 0 atom stereocenters. The number of hydrogen-bond donors (Lipinski definition) is 0. The van der Waals surface area contributed by atoms with Crippen LogP contribution in [0.4, 0.5) is 0 Å². The minimum atomic E-state index is 0.803. The molecule has 0 aromatic carbocycles. The third-order valence-corrected chi connectivity index (χ3v) is 3.25. The maximum absolute atomic E-state index is 4.53. The van der Waals surface area contributed by atoms with Crippen molar-refractivity contribution in [1.29, 1.82) is 0 Å². The Morgan fingerprint density at radius 2 is 1.72 bits per heavy atom. The van der Waals surface area contributed by atoms with Crippen molar-refractivity contribution in [3.05, 3.63) is 58.6 Å². The second-order valence-electron chi connectivity index (χ2n) is 3.67. The van der Waals surface area contributed by atoms with E-state index in [1.54, 1.807) is 17.1 Å². The molecule has 3 rings (SSSR count). The number of hydrogen-bond acceptors (Lipinski definition) is 3. The van der Waals surface area contributed by atoms with Gasteiger partial charge in [0.25, 0.3) is 0 Å². The van der Waals surface area contributed by atoms with Gasteiger partial charge >= 0.3 is 0 Å². The van der Waals surface area contributed by atoms with Crippen molar-refractivity contribution in [3.63, 3.8) is 0 Å². The predicted octanol–water partition coefficient (Wildman–Crippen LogP) is 2.93. The minimum Gasteiger partial charge on any atom is -0.255 e. The number of aromatic nitrogens is 4. The van der Waals surface area contributed by atoms with Crippen molar-refractivity contribution < 1.29 is 0 Å². The van der Waals surface area contributed by atoms with Gasteiger partial charge in [-0.15, -0.1) is 0 Å². The Morgan fingerprint density at radius 1 is 0.944 bits per heavy atom. The number of nitrogens with zero attached hydrogens (tertiary/aromatic N) is 4. The van der Waals surface area contributed by atoms with E-state index in [-0.39, 0.29) is 0 Å². The summed E-state index contributed by atoms with van der Waals surface area (Å²) in [6.07, 6.45) is 5.47. The van der Waals surface area contributed by atoms with Crippen LogP contribution in [0.3, 0.4) is 0 Å². The Labute approximate surface area is 118 Å². The molecule has 0 amide bonds. The summed E-state index contributed by atoms with van der Waals surface area (Å²) in [5.41, 5.74) is 1.75. The van der Waals surface area contributed by atoms with Crippen molar-refractivity contribution in [2.45, 2.75) is 0 Å². The molecular weight excluding hydrogens is 339 g/mol. The van der Waals surface area contributed by atoms with E-state index < -0.39 is 0 Å². The molecule has 0 unspecified atom stereocenters. The summed E-state index contributed by atoms with van der Waals surface area (Å²) in [4.78, 5) is 8.59. The van der Waals surface area contributed by atoms with E-state index in [0.29, 0.717) is 0 Å². The summed E-state index contributed by atoms with van der Waals surface area (Å²) in [5.74, 6) is 0.803. The van der Waals surface area contributed by atoms with Crippen LogP contribution in [0.2, 0.25) is 0 Å². The van der Waals surface area contributed by atoms with Crippen molar-refractivity contribution in [3.8, 4) is 17.2 Å². The fraction of sp³-hybridized carbons (Fsp3) is 0. The van der Waals surface area contributed by atoms with Gasteiger partial charge in [0.15, 0.2) is 5.82 Å². The maximum Gasteiger partial charge on any atom is 0.153 e. The molecule has 18 heavy (non-hydrogen) atoms. The minimum absolute atomic E-state index is 0.803. The first-order valence-corrected chi connectivity index (χ1v) is 6.50. The highest BCUT2D eigenvalue weighted by Gasteiger charge is 2.10. The summed E-state index contributed by atoms with van der Waals surface area (Å²) in [6, 6.07) is 11.6. The van der Waals surface area contributed by atoms with E-state index in [1.165, 1.54) is 0 Å². The van der Waals surface area contributed by atoms with E-state index in [0.717, 1.165) is 20.8 Å². The predicted molar refractivity (Wildman–Crippen MR) is 77.3 cm³/mol. The van der Waals surface area contributed by atoms with Gasteiger partial charge < -0.3 is 0 Å². The largest absolute Gasteiger partial charge is 0.255 e. The molecule has 0 spiro atoms. The third-order valence-electron chi connectivity index (χ3n) is 2.46. The number of rotatable bonds is 2. The Balaban J connectivity index is 2.07. The van der Waals surface area contributed by atoms with Gasteiger partial charge in [-0.25, -0.2) is 9.67 Å². The van der Waals surface area contributed by atoms with E-state index in [9.17, 15) is 0 Å². The molecule has 0 N–H and O–H groups in total. The molecule has 4 nitrogen and oxygen atoms in total. The van der Waals surface area contributed by atoms with Crippen molar-refractivity contribution >= 4 is 22.6 Å². The molecule has 5 heteroatoms. The maximum atomic E-state index is 4.53. The van der Waals surface area contributed by atoms with Gasteiger partial charge in [0.05, 0.1) is 9.26 Å². The molecule has 0 fully saturated rings. The van der Waals surface area contributed by atoms with Gasteiger partial charge in [0.1, 0.15) is 5.69 Å². The molecule has 0 aliphatic heterocycles. The highest BCUT2D eigenvalue weighted by molar-refractivity contribution is 14.1. The third kappa shape index (κ3) is 2.13. The highest BCUT2D eigenvalue weighted by atomic mass is 127. The standard InChI is InChI=1S/C13H9IN4/c14-10-9-18(12-6-2-4-8-16-12)17-13(10)11-5-1-3-7-15-11/h1-9H. The molecule has 3 heterocycles. The normalized spacial score (nSPS) is 10.5. The van der Waals surface area contributed by atoms with Gasteiger partial charge in [-0.05, 0) is 46.9 Å². The van der Waals surface area contributed by atoms with E-state index in [2.05, 4.69) is 37.7 Å². The lowest BCUT2D eigenvalue weighted by molar-refractivity contribution is 0.848. The summed E-state index contributed by atoms with van der Waals surface area (Å²) in [5, 5.41) is 4.53. The van der Waals surface area contributed by atoms with Gasteiger partial charge in [-0.2, -0.15) is 5.10 Å². The van der Waals surface area contributed by atoms with Gasteiger partial charge in [0.2, 0.25) is 0 Å². The summed E-state index contributed by atoms with van der Waals surface area (Å²) < 4.78 is 2.82. The molecule has 0 bridgehead atoms. The van der Waals surface area contributed by atoms with Crippen LogP contribution in [-0.4, -0.2) is 19.7 Å². The number of halogens is 1. The fourth-order valence-corrected chi connectivity index (χ4v) is 2.28. The van der Waals surface area contributed by atoms with Crippen LogP contribution < -0.4 is 0 Å². The van der Waals surface area contributed by atoms with Crippen LogP contribution in [0.15, 0.2) is 55.0 Å². The van der Waals surface area contributed by atoms with Crippen molar-refractivity contribution in [2.75, 3.05) is 0 Å². The summed E-state index contributed by atoms with van der Waals surface area (Å²) in [6.45, 7) is 0. The van der Waals surface area contributed by atoms with E-state index in [4.69, 9.17) is 0 Å². The van der Waals surface area contributed by atoms with Crippen LogP contribution in [0.25, 0.3) is 17.2 Å². The Bertz CT molecular complexity index is 649. The molecule has 3 aromatic rings. The average Bonchev–Trinajstić information content (AvgIpc) is 2.83. The molecular formula is C13H9IN4. The van der Waals surface area contributed by atoms with Gasteiger partial charge in [0, 0.05) is 18.6 Å². The lowest BCUT2D eigenvalue weighted by Gasteiger charge is -1.98. The first kappa shape index (κ1) is 11.3. The zero-order valence-electron chi connectivity index (χ0n) is 9.36. The molecule has 0 saturated carbocycles. The molecule has 0 aliphatic rings. The quantitative estimate of drug-likeness (QED) is 0.669. The smallest absolute Gasteiger partial charge is 0.153 e. The Kier molecular flexibility index (Phi) is 3.06. The SMILES string of the molecule is Ic1cn(-c2ccccn2)nc1-c1ccccn1. The lowest BCUT2D eigenvalue weighted by atomic mass is 10.3. The van der Waals surface area contributed by atoms with Crippen molar-refractivity contribution in [1.82, 2.24) is 19.7 Å². The summed E-state index contributed by atoms with van der Waals surface area (Å²) >= 11 is 2.26. The second kappa shape index (κ2) is 4.85. The number of pyridine rings is 2. The van der Waals surface area contributed by atoms with E-state index in [1.807, 2.05) is 42.6 Å². The highest BCUT2D eigenvalue weighted by Crippen LogP contribution is 2.22. The van der Waals surface area contributed by atoms with Gasteiger partial charge in [-0.3, -0.25) is 4.98 Å². The first-order chi connectivity index (χ1) is 8.84. The Hall–Kier alpha value is -1.76. The first-order valence-electron chi connectivity index (χ1n) is 5.42. The fourth-order valence-electron chi connectivity index (χ4n) is 1.64. The molecule has 88 valence electrons. The van der Waals surface area contributed by atoms with Crippen LogP contribution in [0.5, 0.6) is 0 Å². The van der Waals surface area contributed by atoms with Crippen LogP contribution in [0, 0.1) is 3.57 Å². The summed E-state index contributed by atoms with van der Waals surface area (Å²) in [7, 11) is 0. The Morgan fingerprint density at radius 3 is 2.39 bits per heavy atom. The zero-order valence-corrected chi connectivity index (χ0v) is 11.5.